The molecule has 2 aromatic heterocycles. The molecular formula is C12H10ClN3. The summed E-state index contributed by atoms with van der Waals surface area (Å²) in [6, 6.07) is 7.98. The Kier molecular flexibility index (Phi) is 2.07. The lowest BCUT2D eigenvalue weighted by atomic mass is 10.2. The second-order valence-electron chi connectivity index (χ2n) is 3.69. The summed E-state index contributed by atoms with van der Waals surface area (Å²) in [5.41, 5.74) is 0.872. The molecular weight excluding hydrogens is 222 g/mol. The van der Waals surface area contributed by atoms with Gasteiger partial charge in [-0.25, -0.2) is 0 Å². The minimum absolute atomic E-state index is 0.734. The van der Waals surface area contributed by atoms with Crippen LogP contribution in [-0.2, 0) is 6.42 Å². The molecule has 3 rings (SSSR count). The van der Waals surface area contributed by atoms with Crippen LogP contribution in [0.4, 0.5) is 0 Å². The number of nitrogens with zero attached hydrogens (tertiary/aromatic N) is 3. The Balaban J connectivity index is 2.55. The number of aryl methyl sites for hydroxylation is 1. The molecule has 3 nitrogen and oxygen atoms in total. The SMILES string of the molecule is CCc1nnc2c3ccccc3c(Cl)cn12. The molecule has 4 heteroatoms. The van der Waals surface area contributed by atoms with Crippen molar-refractivity contribution in [3.63, 3.8) is 0 Å². The summed E-state index contributed by atoms with van der Waals surface area (Å²) < 4.78 is 1.96. The summed E-state index contributed by atoms with van der Waals surface area (Å²) in [5.74, 6) is 0.933. The molecule has 1 aromatic carbocycles. The monoisotopic (exact) mass is 231 g/mol. The van der Waals surface area contributed by atoms with Crippen LogP contribution in [0.15, 0.2) is 30.5 Å². The Hall–Kier alpha value is -1.61. The van der Waals surface area contributed by atoms with Crippen LogP contribution in [0, 0.1) is 0 Å². The summed E-state index contributed by atoms with van der Waals surface area (Å²) in [6.07, 6.45) is 2.73. The van der Waals surface area contributed by atoms with E-state index in [1.54, 1.807) is 0 Å². The minimum Gasteiger partial charge on any atom is -0.284 e. The highest BCUT2D eigenvalue weighted by Gasteiger charge is 2.09. The molecule has 0 bridgehead atoms. The van der Waals surface area contributed by atoms with Gasteiger partial charge in [-0.1, -0.05) is 42.8 Å². The number of rotatable bonds is 1. The molecule has 0 atom stereocenters. The van der Waals surface area contributed by atoms with Gasteiger partial charge in [0.15, 0.2) is 5.65 Å². The number of pyridine rings is 1. The van der Waals surface area contributed by atoms with Gasteiger partial charge in [0.05, 0.1) is 5.02 Å². The van der Waals surface area contributed by atoms with Gasteiger partial charge >= 0.3 is 0 Å². The van der Waals surface area contributed by atoms with Gasteiger partial charge in [0.25, 0.3) is 0 Å². The van der Waals surface area contributed by atoms with Crippen LogP contribution >= 0.6 is 11.6 Å². The van der Waals surface area contributed by atoms with E-state index in [0.717, 1.165) is 33.7 Å². The zero-order valence-electron chi connectivity index (χ0n) is 8.81. The zero-order chi connectivity index (χ0) is 11.1. The van der Waals surface area contributed by atoms with E-state index in [9.17, 15) is 0 Å². The summed E-state index contributed by atoms with van der Waals surface area (Å²) in [6.45, 7) is 2.06. The number of halogens is 1. The van der Waals surface area contributed by atoms with E-state index in [1.165, 1.54) is 0 Å². The van der Waals surface area contributed by atoms with Crippen molar-refractivity contribution in [2.24, 2.45) is 0 Å². The van der Waals surface area contributed by atoms with Crippen molar-refractivity contribution in [2.45, 2.75) is 13.3 Å². The van der Waals surface area contributed by atoms with Crippen molar-refractivity contribution in [1.29, 1.82) is 0 Å². The Bertz CT molecular complexity index is 672. The molecule has 0 aliphatic carbocycles. The largest absolute Gasteiger partial charge is 0.284 e. The lowest BCUT2D eigenvalue weighted by molar-refractivity contribution is 0.910. The fraction of sp³-hybridized carbons (Fsp3) is 0.167. The average molecular weight is 232 g/mol. The third-order valence-corrected chi connectivity index (χ3v) is 3.05. The molecule has 2 heterocycles. The number of fused-ring (bicyclic) bond motifs is 3. The van der Waals surface area contributed by atoms with Crippen LogP contribution < -0.4 is 0 Å². The van der Waals surface area contributed by atoms with Gasteiger partial charge in [0, 0.05) is 23.4 Å². The lowest BCUT2D eigenvalue weighted by Gasteiger charge is -2.03. The molecule has 3 aromatic rings. The predicted molar refractivity (Wildman–Crippen MR) is 64.9 cm³/mol. The lowest BCUT2D eigenvalue weighted by Crippen LogP contribution is -1.93. The number of benzene rings is 1. The van der Waals surface area contributed by atoms with E-state index in [4.69, 9.17) is 11.6 Å². The first-order valence-corrected chi connectivity index (χ1v) is 5.60. The fourth-order valence-electron chi connectivity index (χ4n) is 1.95. The smallest absolute Gasteiger partial charge is 0.168 e. The summed E-state index contributed by atoms with van der Waals surface area (Å²) >= 11 is 6.25. The number of hydrogen-bond acceptors (Lipinski definition) is 2. The Morgan fingerprint density at radius 1 is 1.19 bits per heavy atom. The van der Waals surface area contributed by atoms with Crippen LogP contribution in [0.1, 0.15) is 12.7 Å². The molecule has 0 unspecified atom stereocenters. The van der Waals surface area contributed by atoms with Gasteiger partial charge in [0.2, 0.25) is 0 Å². The quantitative estimate of drug-likeness (QED) is 0.644. The highest BCUT2D eigenvalue weighted by Crippen LogP contribution is 2.26. The summed E-state index contributed by atoms with van der Waals surface area (Å²) in [5, 5.41) is 11.2. The van der Waals surface area contributed by atoms with Crippen molar-refractivity contribution < 1.29 is 0 Å². The maximum atomic E-state index is 6.25. The first-order valence-electron chi connectivity index (χ1n) is 5.22. The van der Waals surface area contributed by atoms with Crippen molar-refractivity contribution in [1.82, 2.24) is 14.6 Å². The van der Waals surface area contributed by atoms with E-state index < -0.39 is 0 Å². The van der Waals surface area contributed by atoms with Crippen molar-refractivity contribution in [3.8, 4) is 0 Å². The van der Waals surface area contributed by atoms with Crippen LogP contribution in [-0.4, -0.2) is 14.6 Å². The van der Waals surface area contributed by atoms with E-state index in [1.807, 2.05) is 34.9 Å². The van der Waals surface area contributed by atoms with Crippen molar-refractivity contribution in [3.05, 3.63) is 41.3 Å². The maximum absolute atomic E-state index is 6.25. The molecule has 0 saturated carbocycles. The normalized spacial score (nSPS) is 11.4. The van der Waals surface area contributed by atoms with Crippen LogP contribution in [0.25, 0.3) is 16.4 Å². The molecule has 0 N–H and O–H groups in total. The third kappa shape index (κ3) is 1.21. The van der Waals surface area contributed by atoms with E-state index in [-0.39, 0.29) is 0 Å². The standard InChI is InChI=1S/C12H10ClN3/c1-2-11-14-15-12-9-6-4-3-5-8(9)10(13)7-16(11)12/h3-7H,2H2,1H3. The average Bonchev–Trinajstić information content (AvgIpc) is 2.72. The summed E-state index contributed by atoms with van der Waals surface area (Å²) in [4.78, 5) is 0. The van der Waals surface area contributed by atoms with Gasteiger partial charge in [-0.2, -0.15) is 0 Å². The van der Waals surface area contributed by atoms with Gasteiger partial charge < -0.3 is 0 Å². The second-order valence-corrected chi connectivity index (χ2v) is 4.09. The highest BCUT2D eigenvalue weighted by atomic mass is 35.5. The van der Waals surface area contributed by atoms with E-state index >= 15 is 0 Å². The van der Waals surface area contributed by atoms with Gasteiger partial charge in [-0.3, -0.25) is 4.40 Å². The maximum Gasteiger partial charge on any atom is 0.168 e. The molecule has 80 valence electrons. The highest BCUT2D eigenvalue weighted by molar-refractivity contribution is 6.35. The first kappa shape index (κ1) is 9.60. The molecule has 0 amide bonds. The van der Waals surface area contributed by atoms with Gasteiger partial charge in [0.1, 0.15) is 5.82 Å². The zero-order valence-corrected chi connectivity index (χ0v) is 9.57. The van der Waals surface area contributed by atoms with E-state index in [2.05, 4.69) is 17.1 Å². The number of hydrogen-bond donors (Lipinski definition) is 0. The van der Waals surface area contributed by atoms with Crippen molar-refractivity contribution >= 4 is 28.0 Å². The van der Waals surface area contributed by atoms with Crippen LogP contribution in [0.5, 0.6) is 0 Å². The molecule has 0 saturated heterocycles. The second kappa shape index (κ2) is 3.46. The van der Waals surface area contributed by atoms with E-state index in [0.29, 0.717) is 0 Å². The topological polar surface area (TPSA) is 30.2 Å². The third-order valence-electron chi connectivity index (χ3n) is 2.75. The van der Waals surface area contributed by atoms with Gasteiger partial charge in [-0.15, -0.1) is 10.2 Å². The fourth-order valence-corrected chi connectivity index (χ4v) is 2.22. The summed E-state index contributed by atoms with van der Waals surface area (Å²) in [7, 11) is 0. The van der Waals surface area contributed by atoms with Crippen LogP contribution in [0.2, 0.25) is 5.02 Å². The Labute approximate surface area is 97.7 Å². The van der Waals surface area contributed by atoms with Gasteiger partial charge in [-0.05, 0) is 0 Å². The first-order chi connectivity index (χ1) is 7.81. The molecule has 0 fully saturated rings. The predicted octanol–water partition coefficient (Wildman–Crippen LogP) is 3.10. The molecule has 0 aliphatic rings. The number of aromatic nitrogens is 3. The van der Waals surface area contributed by atoms with Crippen LogP contribution in [0.3, 0.4) is 0 Å². The molecule has 0 radical (unpaired) electrons. The molecule has 16 heavy (non-hydrogen) atoms. The minimum atomic E-state index is 0.734. The molecule has 0 spiro atoms. The Morgan fingerprint density at radius 3 is 2.69 bits per heavy atom. The Morgan fingerprint density at radius 2 is 1.94 bits per heavy atom. The molecule has 0 aliphatic heterocycles. The van der Waals surface area contributed by atoms with Crippen molar-refractivity contribution in [2.75, 3.05) is 0 Å².